The number of nitrogens with one attached hydrogen (secondary N) is 1. The second kappa shape index (κ2) is 8.10. The monoisotopic (exact) mass is 281 g/mol. The minimum Gasteiger partial charge on any atom is -0.380 e. The zero-order valence-electron chi connectivity index (χ0n) is 11.9. The van der Waals surface area contributed by atoms with Crippen LogP contribution in [0.25, 0.3) is 0 Å². The van der Waals surface area contributed by atoms with E-state index in [2.05, 4.69) is 12.2 Å². The van der Waals surface area contributed by atoms with Crippen LogP contribution in [0.4, 0.5) is 13.2 Å². The number of hydrogen-bond donors (Lipinski definition) is 1. The van der Waals surface area contributed by atoms with E-state index in [1.54, 1.807) is 0 Å². The van der Waals surface area contributed by atoms with Gasteiger partial charge in [-0.2, -0.15) is 13.2 Å². The number of hydrogen-bond acceptors (Lipinski definition) is 2. The molecule has 0 aromatic carbocycles. The number of alkyl halides is 3. The maximum atomic E-state index is 12.6. The van der Waals surface area contributed by atoms with Crippen LogP contribution in [0.1, 0.15) is 46.0 Å². The van der Waals surface area contributed by atoms with Crippen LogP contribution in [0.5, 0.6) is 0 Å². The summed E-state index contributed by atoms with van der Waals surface area (Å²) >= 11 is 0. The third-order valence-electron chi connectivity index (χ3n) is 3.96. The summed E-state index contributed by atoms with van der Waals surface area (Å²) in [7, 11) is 0. The second-order valence-electron chi connectivity index (χ2n) is 5.37. The van der Waals surface area contributed by atoms with Crippen LogP contribution < -0.4 is 5.32 Å². The molecule has 1 aliphatic rings. The predicted molar refractivity (Wildman–Crippen MR) is 70.1 cm³/mol. The molecular weight excluding hydrogens is 255 g/mol. The first kappa shape index (κ1) is 16.8. The van der Waals surface area contributed by atoms with Crippen molar-refractivity contribution in [3.63, 3.8) is 0 Å². The fourth-order valence-electron chi connectivity index (χ4n) is 2.79. The molecular formula is C14H26F3NO. The third kappa shape index (κ3) is 5.69. The zero-order valence-corrected chi connectivity index (χ0v) is 11.9. The number of ether oxygens (including phenoxy) is 1. The highest BCUT2D eigenvalue weighted by Crippen LogP contribution is 2.40. The van der Waals surface area contributed by atoms with Crippen molar-refractivity contribution in [3.05, 3.63) is 0 Å². The molecule has 2 nitrogen and oxygen atoms in total. The minimum atomic E-state index is -4.02. The second-order valence-corrected chi connectivity index (χ2v) is 5.37. The zero-order chi connectivity index (χ0) is 14.3. The molecule has 19 heavy (non-hydrogen) atoms. The van der Waals surface area contributed by atoms with Crippen molar-refractivity contribution in [2.24, 2.45) is 11.8 Å². The molecule has 0 aliphatic heterocycles. The number of halogens is 3. The molecule has 0 radical (unpaired) electrons. The Morgan fingerprint density at radius 1 is 1.16 bits per heavy atom. The summed E-state index contributed by atoms with van der Waals surface area (Å²) in [6.45, 7) is 6.19. The summed E-state index contributed by atoms with van der Waals surface area (Å²) in [6.07, 6.45) is -1.15. The standard InChI is InChI=1S/C14H26F3NO/c1-3-9-18-13(10-19-4-2)11-5-7-12(8-6-11)14(15,16)17/h11-13,18H,3-10H2,1-2H3. The molecule has 5 heteroatoms. The largest absolute Gasteiger partial charge is 0.391 e. The van der Waals surface area contributed by atoms with Gasteiger partial charge in [-0.05, 0) is 51.5 Å². The van der Waals surface area contributed by atoms with Crippen molar-refractivity contribution in [1.82, 2.24) is 5.32 Å². The highest BCUT2D eigenvalue weighted by Gasteiger charge is 2.42. The van der Waals surface area contributed by atoms with E-state index in [1.807, 2.05) is 6.92 Å². The summed E-state index contributed by atoms with van der Waals surface area (Å²) < 4.78 is 43.4. The molecule has 1 rings (SSSR count). The van der Waals surface area contributed by atoms with Crippen molar-refractivity contribution in [2.75, 3.05) is 19.8 Å². The lowest BCUT2D eigenvalue weighted by Gasteiger charge is -2.35. The first-order chi connectivity index (χ1) is 8.99. The Morgan fingerprint density at radius 2 is 1.79 bits per heavy atom. The van der Waals surface area contributed by atoms with Crippen LogP contribution in [0.15, 0.2) is 0 Å². The van der Waals surface area contributed by atoms with E-state index in [0.29, 0.717) is 32.0 Å². The van der Waals surface area contributed by atoms with Gasteiger partial charge in [0, 0.05) is 12.6 Å². The van der Waals surface area contributed by atoms with Crippen LogP contribution >= 0.6 is 0 Å². The van der Waals surface area contributed by atoms with Crippen LogP contribution in [0.2, 0.25) is 0 Å². The summed E-state index contributed by atoms with van der Waals surface area (Å²) in [6, 6.07) is 0.203. The van der Waals surface area contributed by atoms with Gasteiger partial charge in [0.1, 0.15) is 0 Å². The van der Waals surface area contributed by atoms with Crippen molar-refractivity contribution >= 4 is 0 Å². The van der Waals surface area contributed by atoms with Gasteiger partial charge >= 0.3 is 6.18 Å². The lowest BCUT2D eigenvalue weighted by molar-refractivity contribution is -0.184. The van der Waals surface area contributed by atoms with Crippen molar-refractivity contribution in [3.8, 4) is 0 Å². The summed E-state index contributed by atoms with van der Waals surface area (Å²) in [5.74, 6) is -0.778. The fraction of sp³-hybridized carbons (Fsp3) is 1.00. The van der Waals surface area contributed by atoms with E-state index in [4.69, 9.17) is 4.74 Å². The Hall–Kier alpha value is -0.290. The van der Waals surface area contributed by atoms with Crippen LogP contribution in [-0.2, 0) is 4.74 Å². The average Bonchev–Trinajstić information content (AvgIpc) is 2.38. The Kier molecular flexibility index (Phi) is 7.15. The molecule has 0 amide bonds. The molecule has 114 valence electrons. The summed E-state index contributed by atoms with van der Waals surface area (Å²) in [5.41, 5.74) is 0. The SMILES string of the molecule is CCCNC(COCC)C1CCC(C(F)(F)F)CC1. The maximum absolute atomic E-state index is 12.6. The smallest absolute Gasteiger partial charge is 0.380 e. The van der Waals surface area contributed by atoms with Crippen LogP contribution in [-0.4, -0.2) is 32.0 Å². The number of rotatable bonds is 7. The molecule has 0 heterocycles. The molecule has 1 saturated carbocycles. The first-order valence-electron chi connectivity index (χ1n) is 7.36. The highest BCUT2D eigenvalue weighted by molar-refractivity contribution is 4.84. The topological polar surface area (TPSA) is 21.3 Å². The lowest BCUT2D eigenvalue weighted by Crippen LogP contribution is -2.43. The van der Waals surface area contributed by atoms with Gasteiger partial charge in [0.05, 0.1) is 12.5 Å². The third-order valence-corrected chi connectivity index (χ3v) is 3.96. The van der Waals surface area contributed by atoms with E-state index in [0.717, 1.165) is 13.0 Å². The Morgan fingerprint density at radius 3 is 2.26 bits per heavy atom. The summed E-state index contributed by atoms with van der Waals surface area (Å²) in [4.78, 5) is 0. The first-order valence-corrected chi connectivity index (χ1v) is 7.36. The van der Waals surface area contributed by atoms with Gasteiger partial charge in [-0.15, -0.1) is 0 Å². The van der Waals surface area contributed by atoms with Crippen molar-refractivity contribution < 1.29 is 17.9 Å². The molecule has 1 unspecified atom stereocenters. The van der Waals surface area contributed by atoms with Gasteiger partial charge in [-0.25, -0.2) is 0 Å². The van der Waals surface area contributed by atoms with E-state index in [1.165, 1.54) is 0 Å². The minimum absolute atomic E-state index is 0.203. The van der Waals surface area contributed by atoms with E-state index in [9.17, 15) is 13.2 Å². The molecule has 1 N–H and O–H groups in total. The lowest BCUT2D eigenvalue weighted by atomic mass is 9.78. The molecule has 0 aromatic heterocycles. The predicted octanol–water partition coefficient (Wildman–Crippen LogP) is 3.76. The molecule has 1 fully saturated rings. The summed E-state index contributed by atoms with van der Waals surface area (Å²) in [5, 5.41) is 3.42. The Balaban J connectivity index is 2.44. The maximum Gasteiger partial charge on any atom is 0.391 e. The van der Waals surface area contributed by atoms with Crippen LogP contribution in [0, 0.1) is 11.8 Å². The Labute approximate surface area is 114 Å². The fourth-order valence-corrected chi connectivity index (χ4v) is 2.79. The van der Waals surface area contributed by atoms with Gasteiger partial charge in [-0.1, -0.05) is 6.92 Å². The average molecular weight is 281 g/mol. The Bertz CT molecular complexity index is 229. The van der Waals surface area contributed by atoms with Crippen LogP contribution in [0.3, 0.4) is 0 Å². The van der Waals surface area contributed by atoms with Crippen molar-refractivity contribution in [2.45, 2.75) is 58.2 Å². The van der Waals surface area contributed by atoms with Gasteiger partial charge in [0.2, 0.25) is 0 Å². The van der Waals surface area contributed by atoms with Gasteiger partial charge in [0.15, 0.2) is 0 Å². The molecule has 0 bridgehead atoms. The molecule has 0 aromatic rings. The highest BCUT2D eigenvalue weighted by atomic mass is 19.4. The van der Waals surface area contributed by atoms with Gasteiger partial charge in [0.25, 0.3) is 0 Å². The van der Waals surface area contributed by atoms with E-state index >= 15 is 0 Å². The normalized spacial score (nSPS) is 26.4. The van der Waals surface area contributed by atoms with E-state index < -0.39 is 12.1 Å². The molecule has 0 spiro atoms. The molecule has 0 saturated heterocycles. The van der Waals surface area contributed by atoms with Gasteiger partial charge in [-0.3, -0.25) is 0 Å². The van der Waals surface area contributed by atoms with Crippen molar-refractivity contribution in [1.29, 1.82) is 0 Å². The quantitative estimate of drug-likeness (QED) is 0.767. The van der Waals surface area contributed by atoms with E-state index in [-0.39, 0.29) is 18.9 Å². The molecule has 1 atom stereocenters. The van der Waals surface area contributed by atoms with Gasteiger partial charge < -0.3 is 10.1 Å². The molecule has 1 aliphatic carbocycles.